The topological polar surface area (TPSA) is 81.7 Å². The fourth-order valence-corrected chi connectivity index (χ4v) is 2.44. The second-order valence-electron chi connectivity index (χ2n) is 6.16. The van der Waals surface area contributed by atoms with Gasteiger partial charge in [0.25, 0.3) is 0 Å². The molecule has 1 heterocycles. The molecule has 0 aromatic heterocycles. The number of hydrogen-bond acceptors (Lipinski definition) is 3. The number of amides is 2. The molecule has 0 radical (unpaired) electrons. The zero-order chi connectivity index (χ0) is 15.3. The summed E-state index contributed by atoms with van der Waals surface area (Å²) in [6, 6.07) is -0.703. The minimum Gasteiger partial charge on any atom is -0.480 e. The molecule has 1 aliphatic rings. The Labute approximate surface area is 120 Å². The monoisotopic (exact) mass is 285 g/mol. The SMILES string of the molecule is CC(C)[C@@H](NC(=O)NCC1CCN(C(C)C)C1)C(=O)O. The summed E-state index contributed by atoms with van der Waals surface area (Å²) in [6.07, 6.45) is 1.07. The van der Waals surface area contributed by atoms with Crippen molar-refractivity contribution in [2.75, 3.05) is 19.6 Å². The van der Waals surface area contributed by atoms with Gasteiger partial charge in [0.1, 0.15) is 6.04 Å². The van der Waals surface area contributed by atoms with Crippen LogP contribution in [-0.4, -0.2) is 53.7 Å². The molecule has 0 aromatic carbocycles. The van der Waals surface area contributed by atoms with E-state index in [9.17, 15) is 9.59 Å². The molecule has 0 bridgehead atoms. The van der Waals surface area contributed by atoms with Crippen LogP contribution >= 0.6 is 0 Å². The highest BCUT2D eigenvalue weighted by Crippen LogP contribution is 2.17. The Morgan fingerprint density at radius 2 is 1.95 bits per heavy atom. The first-order valence-electron chi connectivity index (χ1n) is 7.32. The van der Waals surface area contributed by atoms with Crippen LogP contribution in [0.2, 0.25) is 0 Å². The van der Waals surface area contributed by atoms with Crippen molar-refractivity contribution >= 4 is 12.0 Å². The Morgan fingerprint density at radius 3 is 2.40 bits per heavy atom. The molecule has 0 aromatic rings. The molecule has 20 heavy (non-hydrogen) atoms. The first-order valence-corrected chi connectivity index (χ1v) is 7.32. The number of hydrogen-bond donors (Lipinski definition) is 3. The van der Waals surface area contributed by atoms with E-state index < -0.39 is 18.0 Å². The van der Waals surface area contributed by atoms with Gasteiger partial charge in [-0.15, -0.1) is 0 Å². The molecular weight excluding hydrogens is 258 g/mol. The van der Waals surface area contributed by atoms with Crippen LogP contribution in [0, 0.1) is 11.8 Å². The van der Waals surface area contributed by atoms with E-state index in [-0.39, 0.29) is 5.92 Å². The molecule has 1 saturated heterocycles. The van der Waals surface area contributed by atoms with Gasteiger partial charge in [-0.3, -0.25) is 0 Å². The highest BCUT2D eigenvalue weighted by molar-refractivity contribution is 5.82. The molecule has 1 unspecified atom stereocenters. The number of aliphatic carboxylic acids is 1. The van der Waals surface area contributed by atoms with Gasteiger partial charge in [0.15, 0.2) is 0 Å². The van der Waals surface area contributed by atoms with Crippen LogP contribution in [0.15, 0.2) is 0 Å². The number of rotatable bonds is 6. The van der Waals surface area contributed by atoms with Gasteiger partial charge < -0.3 is 20.6 Å². The van der Waals surface area contributed by atoms with Crippen molar-refractivity contribution in [1.29, 1.82) is 0 Å². The van der Waals surface area contributed by atoms with Crippen molar-refractivity contribution in [3.8, 4) is 0 Å². The Bertz CT molecular complexity index is 345. The molecule has 0 saturated carbocycles. The molecule has 1 rings (SSSR count). The zero-order valence-electron chi connectivity index (χ0n) is 12.8. The second kappa shape index (κ2) is 7.47. The molecule has 0 aliphatic carbocycles. The lowest BCUT2D eigenvalue weighted by Gasteiger charge is -2.21. The van der Waals surface area contributed by atoms with Crippen LogP contribution in [0.3, 0.4) is 0 Å². The largest absolute Gasteiger partial charge is 0.480 e. The lowest BCUT2D eigenvalue weighted by atomic mass is 10.1. The highest BCUT2D eigenvalue weighted by Gasteiger charge is 2.26. The van der Waals surface area contributed by atoms with Gasteiger partial charge in [-0.25, -0.2) is 9.59 Å². The van der Waals surface area contributed by atoms with Gasteiger partial charge in [-0.1, -0.05) is 13.8 Å². The van der Waals surface area contributed by atoms with E-state index in [1.807, 2.05) is 0 Å². The lowest BCUT2D eigenvalue weighted by molar-refractivity contribution is -0.140. The Morgan fingerprint density at radius 1 is 1.30 bits per heavy atom. The Hall–Kier alpha value is -1.30. The zero-order valence-corrected chi connectivity index (χ0v) is 12.8. The second-order valence-corrected chi connectivity index (χ2v) is 6.16. The number of likely N-dealkylation sites (tertiary alicyclic amines) is 1. The van der Waals surface area contributed by atoms with Gasteiger partial charge in [0.05, 0.1) is 0 Å². The summed E-state index contributed by atoms with van der Waals surface area (Å²) in [5.74, 6) is -0.686. The smallest absolute Gasteiger partial charge is 0.326 e. The summed E-state index contributed by atoms with van der Waals surface area (Å²) in [5, 5.41) is 14.3. The third-order valence-corrected chi connectivity index (χ3v) is 3.82. The minimum atomic E-state index is -0.998. The van der Waals surface area contributed by atoms with Crippen LogP contribution in [0.5, 0.6) is 0 Å². The molecule has 1 aliphatic heterocycles. The van der Waals surface area contributed by atoms with Gasteiger partial charge in [0.2, 0.25) is 0 Å². The van der Waals surface area contributed by atoms with Gasteiger partial charge in [0, 0.05) is 19.1 Å². The molecule has 1 fully saturated rings. The molecule has 3 N–H and O–H groups in total. The summed E-state index contributed by atoms with van der Waals surface area (Å²) in [4.78, 5) is 25.1. The fraction of sp³-hybridized carbons (Fsp3) is 0.857. The Kier molecular flexibility index (Phi) is 6.26. The van der Waals surface area contributed by atoms with E-state index in [4.69, 9.17) is 5.11 Å². The maximum Gasteiger partial charge on any atom is 0.326 e. The lowest BCUT2D eigenvalue weighted by Crippen LogP contribution is -2.49. The summed E-state index contributed by atoms with van der Waals surface area (Å²) in [6.45, 7) is 10.5. The fourth-order valence-electron chi connectivity index (χ4n) is 2.44. The number of nitrogens with one attached hydrogen (secondary N) is 2. The molecule has 6 nitrogen and oxygen atoms in total. The van der Waals surface area contributed by atoms with E-state index >= 15 is 0 Å². The van der Waals surface area contributed by atoms with E-state index in [1.54, 1.807) is 13.8 Å². The van der Waals surface area contributed by atoms with E-state index in [0.717, 1.165) is 19.5 Å². The van der Waals surface area contributed by atoms with Crippen LogP contribution in [-0.2, 0) is 4.79 Å². The molecule has 116 valence electrons. The number of carbonyl (C=O) groups excluding carboxylic acids is 1. The number of carbonyl (C=O) groups is 2. The maximum atomic E-state index is 11.7. The summed E-state index contributed by atoms with van der Waals surface area (Å²) in [5.41, 5.74) is 0. The standard InChI is InChI=1S/C14H27N3O3/c1-9(2)12(13(18)19)16-14(20)15-7-11-5-6-17(8-11)10(3)4/h9-12H,5-8H2,1-4H3,(H,18,19)(H2,15,16,20)/t11?,12-/m1/s1. The average Bonchev–Trinajstić information content (AvgIpc) is 2.81. The minimum absolute atomic E-state index is 0.138. The van der Waals surface area contributed by atoms with Crippen LogP contribution in [0.4, 0.5) is 4.79 Å². The van der Waals surface area contributed by atoms with Crippen molar-refractivity contribution in [3.63, 3.8) is 0 Å². The highest BCUT2D eigenvalue weighted by atomic mass is 16.4. The first kappa shape index (κ1) is 16.8. The first-order chi connectivity index (χ1) is 9.31. The van der Waals surface area contributed by atoms with Gasteiger partial charge in [-0.05, 0) is 38.6 Å². The summed E-state index contributed by atoms with van der Waals surface area (Å²) < 4.78 is 0. The third kappa shape index (κ3) is 5.00. The van der Waals surface area contributed by atoms with Crippen LogP contribution < -0.4 is 10.6 Å². The normalized spacial score (nSPS) is 21.2. The molecule has 6 heteroatoms. The quantitative estimate of drug-likeness (QED) is 0.683. The average molecular weight is 285 g/mol. The number of nitrogens with zero attached hydrogens (tertiary/aromatic N) is 1. The molecule has 2 amide bonds. The van der Waals surface area contributed by atoms with E-state index in [2.05, 4.69) is 29.4 Å². The summed E-state index contributed by atoms with van der Waals surface area (Å²) >= 11 is 0. The number of carboxylic acids is 1. The van der Waals surface area contributed by atoms with Gasteiger partial charge >= 0.3 is 12.0 Å². The van der Waals surface area contributed by atoms with Crippen molar-refractivity contribution < 1.29 is 14.7 Å². The molecule has 2 atom stereocenters. The van der Waals surface area contributed by atoms with E-state index in [0.29, 0.717) is 18.5 Å². The maximum absolute atomic E-state index is 11.7. The van der Waals surface area contributed by atoms with Crippen molar-refractivity contribution in [2.24, 2.45) is 11.8 Å². The van der Waals surface area contributed by atoms with Crippen molar-refractivity contribution in [3.05, 3.63) is 0 Å². The van der Waals surface area contributed by atoms with Crippen LogP contribution in [0.1, 0.15) is 34.1 Å². The van der Waals surface area contributed by atoms with Crippen molar-refractivity contribution in [2.45, 2.75) is 46.2 Å². The summed E-state index contributed by atoms with van der Waals surface area (Å²) in [7, 11) is 0. The number of carboxylic acid groups (broad SMARTS) is 1. The predicted molar refractivity (Wildman–Crippen MR) is 77.6 cm³/mol. The third-order valence-electron chi connectivity index (χ3n) is 3.82. The van der Waals surface area contributed by atoms with Gasteiger partial charge in [-0.2, -0.15) is 0 Å². The molecule has 0 spiro atoms. The van der Waals surface area contributed by atoms with Crippen LogP contribution in [0.25, 0.3) is 0 Å². The molecular formula is C14H27N3O3. The Balaban J connectivity index is 2.32. The van der Waals surface area contributed by atoms with Crippen molar-refractivity contribution in [1.82, 2.24) is 15.5 Å². The van der Waals surface area contributed by atoms with E-state index in [1.165, 1.54) is 0 Å². The number of urea groups is 1. The predicted octanol–water partition coefficient (Wildman–Crippen LogP) is 1.13.